The molecule has 1 heterocycles. The molecular formula is C15H10O6. The molecule has 0 saturated heterocycles. The van der Waals surface area contributed by atoms with Crippen LogP contribution in [0.1, 0.15) is 26.3 Å². The minimum Gasteiger partial charge on any atom is -0.508 e. The molecule has 0 amide bonds. The van der Waals surface area contributed by atoms with E-state index >= 15 is 0 Å². The van der Waals surface area contributed by atoms with E-state index in [2.05, 4.69) is 0 Å². The maximum absolute atomic E-state index is 11.3. The molecule has 0 radical (unpaired) electrons. The number of aromatic hydroxyl groups is 2. The van der Waals surface area contributed by atoms with Crippen LogP contribution in [0.4, 0.5) is 0 Å². The second-order valence-electron chi connectivity index (χ2n) is 4.70. The van der Waals surface area contributed by atoms with Crippen molar-refractivity contribution >= 4 is 34.2 Å². The van der Waals surface area contributed by atoms with Gasteiger partial charge in [-0.1, -0.05) is 0 Å². The number of rotatable bonds is 2. The Morgan fingerprint density at radius 1 is 1.14 bits per heavy atom. The van der Waals surface area contributed by atoms with Crippen molar-refractivity contribution in [3.8, 4) is 11.5 Å². The van der Waals surface area contributed by atoms with Crippen molar-refractivity contribution in [2.45, 2.75) is 6.92 Å². The zero-order valence-electron chi connectivity index (χ0n) is 10.9. The van der Waals surface area contributed by atoms with Gasteiger partial charge in [-0.2, -0.15) is 0 Å². The highest BCUT2D eigenvalue weighted by molar-refractivity contribution is 6.16. The summed E-state index contributed by atoms with van der Waals surface area (Å²) in [7, 11) is 0. The summed E-state index contributed by atoms with van der Waals surface area (Å²) in [6.45, 7) is 1.53. The number of aromatic carboxylic acids is 1. The number of hydrogen-bond donors (Lipinski definition) is 3. The molecular weight excluding hydrogens is 276 g/mol. The van der Waals surface area contributed by atoms with Gasteiger partial charge in [0.1, 0.15) is 28.2 Å². The third-order valence-electron chi connectivity index (χ3n) is 3.45. The number of phenolic OH excluding ortho intramolecular Hbond substituents is 1. The van der Waals surface area contributed by atoms with Crippen LogP contribution in [0.15, 0.2) is 22.6 Å². The predicted octanol–water partition coefficient (Wildman–Crippen LogP) is 2.82. The molecule has 6 nitrogen and oxygen atoms in total. The maximum atomic E-state index is 11.3. The molecule has 3 N–H and O–H groups in total. The third-order valence-corrected chi connectivity index (χ3v) is 3.45. The summed E-state index contributed by atoms with van der Waals surface area (Å²) in [6.07, 6.45) is 0.559. The zero-order valence-corrected chi connectivity index (χ0v) is 10.9. The predicted molar refractivity (Wildman–Crippen MR) is 74.1 cm³/mol. The van der Waals surface area contributed by atoms with Crippen LogP contribution in [-0.2, 0) is 0 Å². The van der Waals surface area contributed by atoms with Crippen LogP contribution >= 0.6 is 0 Å². The monoisotopic (exact) mass is 286 g/mol. The Kier molecular flexibility index (Phi) is 2.62. The average molecular weight is 286 g/mol. The van der Waals surface area contributed by atoms with Crippen LogP contribution in [0, 0.1) is 6.92 Å². The van der Waals surface area contributed by atoms with Crippen molar-refractivity contribution in [3.63, 3.8) is 0 Å². The number of carboxylic acid groups (broad SMARTS) is 1. The van der Waals surface area contributed by atoms with Crippen LogP contribution in [0.25, 0.3) is 21.9 Å². The number of aldehydes is 1. The number of aryl methyl sites for hydroxylation is 1. The number of carbonyl (C=O) groups is 2. The molecule has 3 aromatic rings. The molecule has 0 saturated carbocycles. The maximum Gasteiger partial charge on any atom is 0.339 e. The molecule has 3 rings (SSSR count). The van der Waals surface area contributed by atoms with Gasteiger partial charge in [0.15, 0.2) is 6.29 Å². The second kappa shape index (κ2) is 4.24. The zero-order chi connectivity index (χ0) is 15.3. The van der Waals surface area contributed by atoms with Gasteiger partial charge in [0.05, 0.1) is 0 Å². The summed E-state index contributed by atoms with van der Waals surface area (Å²) in [5, 5.41) is 29.4. The average Bonchev–Trinajstić information content (AvgIpc) is 2.74. The number of carboxylic acids is 1. The lowest BCUT2D eigenvalue weighted by Gasteiger charge is -2.05. The van der Waals surface area contributed by atoms with Crippen LogP contribution < -0.4 is 0 Å². The molecule has 0 unspecified atom stereocenters. The van der Waals surface area contributed by atoms with E-state index in [4.69, 9.17) is 4.42 Å². The first-order chi connectivity index (χ1) is 9.93. The Labute approximate surface area is 117 Å². The number of fused-ring (bicyclic) bond motifs is 3. The second-order valence-corrected chi connectivity index (χ2v) is 4.70. The van der Waals surface area contributed by atoms with Gasteiger partial charge in [-0.05, 0) is 18.6 Å². The van der Waals surface area contributed by atoms with Gasteiger partial charge in [-0.15, -0.1) is 0 Å². The van der Waals surface area contributed by atoms with Crippen molar-refractivity contribution in [2.75, 3.05) is 0 Å². The lowest BCUT2D eigenvalue weighted by atomic mass is 9.98. The first-order valence-corrected chi connectivity index (χ1v) is 6.04. The smallest absolute Gasteiger partial charge is 0.339 e. The molecule has 0 atom stereocenters. The molecule has 106 valence electrons. The van der Waals surface area contributed by atoms with Crippen molar-refractivity contribution in [2.24, 2.45) is 0 Å². The van der Waals surface area contributed by atoms with E-state index in [9.17, 15) is 24.9 Å². The van der Waals surface area contributed by atoms with Gasteiger partial charge < -0.3 is 19.7 Å². The largest absolute Gasteiger partial charge is 0.508 e. The molecule has 6 heteroatoms. The van der Waals surface area contributed by atoms with E-state index in [1.807, 2.05) is 0 Å². The summed E-state index contributed by atoms with van der Waals surface area (Å²) >= 11 is 0. The summed E-state index contributed by atoms with van der Waals surface area (Å²) in [6, 6.07) is 3.80. The van der Waals surface area contributed by atoms with Gasteiger partial charge in [0.2, 0.25) is 0 Å². The normalized spacial score (nSPS) is 11.1. The standard InChI is InChI=1S/C15H10O6/c1-6-12(15(19)20)9(18)4-11-13(6)14-7(5-16)2-8(17)3-10(14)21-11/h2-5,17-18H,1H3,(H,19,20). The SMILES string of the molecule is Cc1c(C(=O)O)c(O)cc2oc3cc(O)cc(C=O)c3c12. The molecule has 0 bridgehead atoms. The van der Waals surface area contributed by atoms with Gasteiger partial charge in [-0.25, -0.2) is 4.79 Å². The highest BCUT2D eigenvalue weighted by Gasteiger charge is 2.22. The van der Waals surface area contributed by atoms with E-state index < -0.39 is 11.7 Å². The van der Waals surface area contributed by atoms with E-state index in [0.29, 0.717) is 22.6 Å². The first-order valence-electron chi connectivity index (χ1n) is 6.04. The molecule has 21 heavy (non-hydrogen) atoms. The van der Waals surface area contributed by atoms with E-state index in [0.717, 1.165) is 0 Å². The van der Waals surface area contributed by atoms with Crippen molar-refractivity contribution in [1.29, 1.82) is 0 Å². The van der Waals surface area contributed by atoms with E-state index in [1.54, 1.807) is 0 Å². The molecule has 0 fully saturated rings. The van der Waals surface area contributed by atoms with Crippen LogP contribution in [0.3, 0.4) is 0 Å². The topological polar surface area (TPSA) is 108 Å². The van der Waals surface area contributed by atoms with Gasteiger partial charge >= 0.3 is 5.97 Å². The Morgan fingerprint density at radius 2 is 1.81 bits per heavy atom. The number of furan rings is 1. The molecule has 2 aromatic carbocycles. The fourth-order valence-corrected chi connectivity index (χ4v) is 2.61. The number of carbonyl (C=O) groups excluding carboxylic acids is 1. The highest BCUT2D eigenvalue weighted by atomic mass is 16.4. The Bertz CT molecular complexity index is 919. The van der Waals surface area contributed by atoms with Crippen LogP contribution in [-0.4, -0.2) is 27.6 Å². The lowest BCUT2D eigenvalue weighted by molar-refractivity contribution is 0.0693. The number of benzene rings is 2. The summed E-state index contributed by atoms with van der Waals surface area (Å²) in [5.74, 6) is -1.82. The molecule has 0 aliphatic carbocycles. The Morgan fingerprint density at radius 3 is 2.43 bits per heavy atom. The van der Waals surface area contributed by atoms with E-state index in [1.165, 1.54) is 25.1 Å². The lowest BCUT2D eigenvalue weighted by Crippen LogP contribution is -2.00. The molecule has 1 aromatic heterocycles. The number of hydrogen-bond acceptors (Lipinski definition) is 5. The first kappa shape index (κ1) is 13.0. The quantitative estimate of drug-likeness (QED) is 0.625. The van der Waals surface area contributed by atoms with Crippen LogP contribution in [0.5, 0.6) is 11.5 Å². The van der Waals surface area contributed by atoms with Crippen LogP contribution in [0.2, 0.25) is 0 Å². The van der Waals surface area contributed by atoms with Gasteiger partial charge in [-0.3, -0.25) is 4.79 Å². The molecule has 0 aliphatic heterocycles. The number of phenols is 2. The fraction of sp³-hybridized carbons (Fsp3) is 0.0667. The Balaban J connectivity index is 2.60. The van der Waals surface area contributed by atoms with Gasteiger partial charge in [0, 0.05) is 28.5 Å². The van der Waals surface area contributed by atoms with Crippen molar-refractivity contribution in [1.82, 2.24) is 0 Å². The Hall–Kier alpha value is -3.02. The molecule has 0 aliphatic rings. The van der Waals surface area contributed by atoms with E-state index in [-0.39, 0.29) is 28.0 Å². The summed E-state index contributed by atoms with van der Waals surface area (Å²) in [4.78, 5) is 22.4. The van der Waals surface area contributed by atoms with Crippen molar-refractivity contribution in [3.05, 3.63) is 34.9 Å². The summed E-state index contributed by atoms with van der Waals surface area (Å²) in [5.41, 5.74) is 0.741. The fourth-order valence-electron chi connectivity index (χ4n) is 2.61. The summed E-state index contributed by atoms with van der Waals surface area (Å²) < 4.78 is 5.50. The molecule has 0 spiro atoms. The highest BCUT2D eigenvalue weighted by Crippen LogP contribution is 2.39. The minimum absolute atomic E-state index is 0.135. The third kappa shape index (κ3) is 1.73. The van der Waals surface area contributed by atoms with Crippen molar-refractivity contribution < 1.29 is 29.3 Å². The van der Waals surface area contributed by atoms with Gasteiger partial charge in [0.25, 0.3) is 0 Å². The minimum atomic E-state index is -1.27.